The Hall–Kier alpha value is -0.570. The Morgan fingerprint density at radius 3 is 2.17 bits per heavy atom. The third-order valence-corrected chi connectivity index (χ3v) is 2.03. The maximum atomic E-state index is 10.9. The van der Waals surface area contributed by atoms with Gasteiger partial charge in [0, 0.05) is 6.42 Å². The van der Waals surface area contributed by atoms with Crippen LogP contribution in [0, 0.1) is 5.92 Å². The summed E-state index contributed by atoms with van der Waals surface area (Å²) in [5.41, 5.74) is 2.17. The monoisotopic (exact) mass is 172 g/mol. The van der Waals surface area contributed by atoms with Gasteiger partial charge in [0.25, 0.3) is 0 Å². The Balaban J connectivity index is 3.68. The summed E-state index contributed by atoms with van der Waals surface area (Å²) >= 11 is 0. The Kier molecular flexibility index (Phi) is 6.76. The van der Waals surface area contributed by atoms with Crippen LogP contribution in [0.4, 0.5) is 0 Å². The minimum absolute atomic E-state index is 0.0399. The molecule has 3 N–H and O–H groups in total. The predicted molar refractivity (Wildman–Crippen MR) is 50.3 cm³/mol. The van der Waals surface area contributed by atoms with Crippen molar-refractivity contribution in [3.05, 3.63) is 0 Å². The van der Waals surface area contributed by atoms with Gasteiger partial charge in [0.15, 0.2) is 0 Å². The van der Waals surface area contributed by atoms with E-state index in [0.29, 0.717) is 12.3 Å². The highest BCUT2D eigenvalue weighted by Crippen LogP contribution is 2.16. The van der Waals surface area contributed by atoms with Crippen LogP contribution >= 0.6 is 0 Å². The lowest BCUT2D eigenvalue weighted by Gasteiger charge is -2.13. The highest BCUT2D eigenvalue weighted by atomic mass is 16.2. The molecule has 0 radical (unpaired) electrons. The molecule has 0 saturated carbocycles. The molecule has 0 atom stereocenters. The van der Waals surface area contributed by atoms with Crippen molar-refractivity contribution < 1.29 is 4.79 Å². The van der Waals surface area contributed by atoms with Gasteiger partial charge in [-0.15, -0.1) is 0 Å². The molecule has 0 fully saturated rings. The third-order valence-electron chi connectivity index (χ3n) is 2.03. The first-order valence-corrected chi connectivity index (χ1v) is 4.74. The first-order chi connectivity index (χ1) is 5.74. The lowest BCUT2D eigenvalue weighted by atomic mass is 9.95. The summed E-state index contributed by atoms with van der Waals surface area (Å²) in [6, 6.07) is 0. The van der Waals surface area contributed by atoms with E-state index in [9.17, 15) is 4.79 Å². The standard InChI is InChI=1S/C9H20N2O/c1-3-5-8(6-4-2)7-9(12)11-10/h8H,3-7,10H2,1-2H3,(H,11,12). The molecule has 0 unspecified atom stereocenters. The number of carbonyl (C=O) groups is 1. The summed E-state index contributed by atoms with van der Waals surface area (Å²) in [6.45, 7) is 4.28. The molecule has 3 heteroatoms. The van der Waals surface area contributed by atoms with E-state index in [1.165, 1.54) is 0 Å². The number of hydrazine groups is 1. The van der Waals surface area contributed by atoms with E-state index in [0.717, 1.165) is 25.7 Å². The van der Waals surface area contributed by atoms with Gasteiger partial charge < -0.3 is 0 Å². The van der Waals surface area contributed by atoms with Gasteiger partial charge in [-0.2, -0.15) is 0 Å². The largest absolute Gasteiger partial charge is 0.294 e. The average Bonchev–Trinajstić information content (AvgIpc) is 2.05. The minimum Gasteiger partial charge on any atom is -0.294 e. The molecule has 0 bridgehead atoms. The lowest BCUT2D eigenvalue weighted by Crippen LogP contribution is -2.31. The fourth-order valence-electron chi connectivity index (χ4n) is 1.49. The molecular weight excluding hydrogens is 152 g/mol. The zero-order valence-corrected chi connectivity index (χ0v) is 8.10. The van der Waals surface area contributed by atoms with Gasteiger partial charge >= 0.3 is 0 Å². The number of hydrogen-bond donors (Lipinski definition) is 2. The van der Waals surface area contributed by atoms with Crippen LogP contribution in [-0.2, 0) is 4.79 Å². The first kappa shape index (κ1) is 11.4. The van der Waals surface area contributed by atoms with Crippen LogP contribution in [0.2, 0.25) is 0 Å². The van der Waals surface area contributed by atoms with Gasteiger partial charge in [-0.25, -0.2) is 5.84 Å². The van der Waals surface area contributed by atoms with Gasteiger partial charge in [-0.05, 0) is 5.92 Å². The molecular formula is C9H20N2O. The van der Waals surface area contributed by atoms with Crippen molar-refractivity contribution in [1.82, 2.24) is 5.43 Å². The number of nitrogens with one attached hydrogen (secondary N) is 1. The maximum absolute atomic E-state index is 10.9. The van der Waals surface area contributed by atoms with Crippen molar-refractivity contribution in [2.24, 2.45) is 11.8 Å². The van der Waals surface area contributed by atoms with Gasteiger partial charge in [0.1, 0.15) is 0 Å². The summed E-state index contributed by atoms with van der Waals surface area (Å²) < 4.78 is 0. The number of nitrogens with two attached hydrogens (primary N) is 1. The molecule has 0 aliphatic heterocycles. The van der Waals surface area contributed by atoms with E-state index in [4.69, 9.17) is 5.84 Å². The normalized spacial score (nSPS) is 10.3. The summed E-state index contributed by atoms with van der Waals surface area (Å²) in [5.74, 6) is 5.49. The molecule has 3 nitrogen and oxygen atoms in total. The van der Waals surface area contributed by atoms with E-state index < -0.39 is 0 Å². The Morgan fingerprint density at radius 1 is 1.33 bits per heavy atom. The summed E-state index contributed by atoms with van der Waals surface area (Å²) in [4.78, 5) is 10.9. The highest BCUT2D eigenvalue weighted by molar-refractivity contribution is 5.75. The molecule has 0 saturated heterocycles. The molecule has 72 valence electrons. The van der Waals surface area contributed by atoms with Gasteiger partial charge in [0.05, 0.1) is 0 Å². The molecule has 0 heterocycles. The van der Waals surface area contributed by atoms with E-state index in [2.05, 4.69) is 19.3 Å². The van der Waals surface area contributed by atoms with E-state index in [1.54, 1.807) is 0 Å². The predicted octanol–water partition coefficient (Wildman–Crippen LogP) is 1.58. The number of hydrogen-bond acceptors (Lipinski definition) is 2. The smallest absolute Gasteiger partial charge is 0.234 e. The van der Waals surface area contributed by atoms with Crippen molar-refractivity contribution in [2.75, 3.05) is 0 Å². The van der Waals surface area contributed by atoms with Gasteiger partial charge in [-0.1, -0.05) is 39.5 Å². The van der Waals surface area contributed by atoms with Crippen molar-refractivity contribution in [3.8, 4) is 0 Å². The summed E-state index contributed by atoms with van der Waals surface area (Å²) in [7, 11) is 0. The number of carbonyl (C=O) groups excluding carboxylic acids is 1. The van der Waals surface area contributed by atoms with Crippen molar-refractivity contribution in [2.45, 2.75) is 46.0 Å². The van der Waals surface area contributed by atoms with Crippen molar-refractivity contribution in [3.63, 3.8) is 0 Å². The first-order valence-electron chi connectivity index (χ1n) is 4.74. The zero-order chi connectivity index (χ0) is 9.40. The van der Waals surface area contributed by atoms with Crippen LogP contribution in [-0.4, -0.2) is 5.91 Å². The van der Waals surface area contributed by atoms with Crippen LogP contribution in [0.1, 0.15) is 46.0 Å². The summed E-state index contributed by atoms with van der Waals surface area (Å²) in [6.07, 6.45) is 5.12. The highest BCUT2D eigenvalue weighted by Gasteiger charge is 2.10. The molecule has 0 rings (SSSR count). The molecule has 0 aliphatic carbocycles. The third kappa shape index (κ3) is 5.13. The molecule has 12 heavy (non-hydrogen) atoms. The average molecular weight is 172 g/mol. The second kappa shape index (κ2) is 7.10. The van der Waals surface area contributed by atoms with E-state index >= 15 is 0 Å². The van der Waals surface area contributed by atoms with Crippen molar-refractivity contribution >= 4 is 5.91 Å². The molecule has 0 aliphatic rings. The Labute approximate surface area is 74.7 Å². The number of rotatable bonds is 6. The van der Waals surface area contributed by atoms with Crippen LogP contribution in [0.15, 0.2) is 0 Å². The fraction of sp³-hybridized carbons (Fsp3) is 0.889. The van der Waals surface area contributed by atoms with Gasteiger partial charge in [-0.3, -0.25) is 10.2 Å². The Morgan fingerprint density at radius 2 is 1.83 bits per heavy atom. The number of amides is 1. The maximum Gasteiger partial charge on any atom is 0.234 e. The fourth-order valence-corrected chi connectivity index (χ4v) is 1.49. The second-order valence-electron chi connectivity index (χ2n) is 3.22. The van der Waals surface area contributed by atoms with Crippen LogP contribution < -0.4 is 11.3 Å². The minimum atomic E-state index is -0.0399. The molecule has 0 spiro atoms. The van der Waals surface area contributed by atoms with Crippen LogP contribution in [0.25, 0.3) is 0 Å². The van der Waals surface area contributed by atoms with E-state index in [1.807, 2.05) is 0 Å². The quantitative estimate of drug-likeness (QED) is 0.363. The molecule has 0 aromatic heterocycles. The lowest BCUT2D eigenvalue weighted by molar-refractivity contribution is -0.122. The second-order valence-corrected chi connectivity index (χ2v) is 3.22. The van der Waals surface area contributed by atoms with Gasteiger partial charge in [0.2, 0.25) is 5.91 Å². The van der Waals surface area contributed by atoms with E-state index in [-0.39, 0.29) is 5.91 Å². The zero-order valence-electron chi connectivity index (χ0n) is 8.10. The summed E-state index contributed by atoms with van der Waals surface area (Å²) in [5, 5.41) is 0. The molecule has 0 aromatic carbocycles. The molecule has 1 amide bonds. The van der Waals surface area contributed by atoms with Crippen LogP contribution in [0.5, 0.6) is 0 Å². The van der Waals surface area contributed by atoms with Crippen molar-refractivity contribution in [1.29, 1.82) is 0 Å². The topological polar surface area (TPSA) is 55.1 Å². The van der Waals surface area contributed by atoms with Crippen LogP contribution in [0.3, 0.4) is 0 Å². The SMILES string of the molecule is CCCC(CCC)CC(=O)NN. The molecule has 0 aromatic rings. The Bertz CT molecular complexity index is 120.